The number of hydrogen-bond acceptors (Lipinski definition) is 7. The van der Waals surface area contributed by atoms with Crippen LogP contribution in [-0.4, -0.2) is 95.6 Å². The molecule has 6 aliphatic rings. The highest BCUT2D eigenvalue weighted by molar-refractivity contribution is 5.95. The van der Waals surface area contributed by atoms with E-state index < -0.39 is 36.5 Å². The van der Waals surface area contributed by atoms with Gasteiger partial charge in [-0.1, -0.05) is 60.7 Å². The molecule has 248 valence electrons. The zero-order chi connectivity index (χ0) is 33.6. The predicted octanol–water partition coefficient (Wildman–Crippen LogP) is 3.94. The maximum absolute atomic E-state index is 13.7. The van der Waals surface area contributed by atoms with Gasteiger partial charge in [0.1, 0.15) is 29.7 Å². The number of ether oxygens (including phenoxy) is 3. The van der Waals surface area contributed by atoms with Gasteiger partial charge < -0.3 is 34.2 Å². The molecule has 0 aromatic heterocycles. The molecule has 2 N–H and O–H groups in total. The second kappa shape index (κ2) is 11.3. The summed E-state index contributed by atoms with van der Waals surface area (Å²) < 4.78 is 17.1. The van der Waals surface area contributed by atoms with Gasteiger partial charge >= 0.3 is 0 Å². The van der Waals surface area contributed by atoms with Crippen LogP contribution < -0.4 is 9.47 Å². The van der Waals surface area contributed by atoms with Gasteiger partial charge in [0, 0.05) is 20.2 Å². The monoisotopic (exact) mass is 656 g/mol. The number of aliphatic hydroxyl groups excluding tert-OH is 2. The number of nitrogens with zero attached hydrogens (tertiary/aromatic N) is 2. The number of carbonyl (C=O) groups is 2. The lowest BCUT2D eigenvalue weighted by Gasteiger charge is -2.48. The van der Waals surface area contributed by atoms with Crippen LogP contribution in [0.1, 0.15) is 24.0 Å². The van der Waals surface area contributed by atoms with Gasteiger partial charge in [0.25, 0.3) is 11.8 Å². The second-order valence-electron chi connectivity index (χ2n) is 13.5. The Hall–Kier alpha value is -4.96. The Morgan fingerprint density at radius 2 is 1.06 bits per heavy atom. The molecule has 4 aliphatic heterocycles. The van der Waals surface area contributed by atoms with Crippen molar-refractivity contribution >= 4 is 23.0 Å². The normalized spacial score (nSPS) is 28.7. The molecule has 0 saturated carbocycles. The minimum Gasteiger partial charge on any atom is -0.497 e. The molecule has 2 saturated heterocycles. The molecular weight excluding hydrogens is 620 g/mol. The Bertz CT molecular complexity index is 2010. The molecule has 0 spiro atoms. The van der Waals surface area contributed by atoms with Crippen molar-refractivity contribution in [2.75, 3.05) is 27.3 Å². The highest BCUT2D eigenvalue weighted by Gasteiger charge is 2.58. The summed E-state index contributed by atoms with van der Waals surface area (Å²) in [5.74, 6) is 1.02. The van der Waals surface area contributed by atoms with E-state index >= 15 is 0 Å². The van der Waals surface area contributed by atoms with Gasteiger partial charge in [-0.25, -0.2) is 0 Å². The standard InChI is InChI=1S/C40H36N2O7/c1-47-23-15-13-22(14-16-23)32-28-18-26(30(28)20-42-34(36(32)44)38(40(42)46)49-24-11-7-4-8-12-24)25-17-27-29(25)19-41-33(37(48-2)39(41)45)35(43)31(27)21-9-5-3-6-10-21/h3-16,33-38,43-44H,17-20H2,1-2H3/t33-,34-,35+,36+,37+,38+/m0/s1. The molecule has 2 fully saturated rings. The molecule has 0 bridgehead atoms. The van der Waals surface area contributed by atoms with Crippen LogP contribution in [-0.2, 0) is 14.3 Å². The molecule has 4 heterocycles. The van der Waals surface area contributed by atoms with E-state index in [2.05, 4.69) is 0 Å². The first-order chi connectivity index (χ1) is 23.9. The number of carbonyl (C=O) groups excluding carboxylic acids is 2. The molecular formula is C40H36N2O7. The predicted molar refractivity (Wildman–Crippen MR) is 181 cm³/mol. The van der Waals surface area contributed by atoms with Crippen molar-refractivity contribution < 1.29 is 34.0 Å². The zero-order valence-electron chi connectivity index (χ0n) is 27.2. The van der Waals surface area contributed by atoms with Gasteiger partial charge in [-0.3, -0.25) is 9.59 Å². The molecule has 9 heteroatoms. The van der Waals surface area contributed by atoms with Crippen molar-refractivity contribution in [2.45, 2.75) is 49.3 Å². The van der Waals surface area contributed by atoms with Crippen LogP contribution >= 0.6 is 0 Å². The number of β-lactam (4-membered cyclic amide) rings is 2. The van der Waals surface area contributed by atoms with E-state index in [9.17, 15) is 19.8 Å². The van der Waals surface area contributed by atoms with E-state index in [-0.39, 0.29) is 11.8 Å². The van der Waals surface area contributed by atoms with Gasteiger partial charge in [-0.15, -0.1) is 0 Å². The maximum Gasteiger partial charge on any atom is 0.266 e. The van der Waals surface area contributed by atoms with E-state index in [1.807, 2.05) is 84.9 Å². The number of amides is 2. The van der Waals surface area contributed by atoms with E-state index in [1.165, 1.54) is 7.11 Å². The fourth-order valence-electron chi connectivity index (χ4n) is 8.64. The lowest BCUT2D eigenvalue weighted by Crippen LogP contribution is -2.70. The number of fused-ring (bicyclic) bond motifs is 4. The fourth-order valence-corrected chi connectivity index (χ4v) is 8.64. The van der Waals surface area contributed by atoms with Crippen molar-refractivity contribution in [3.63, 3.8) is 0 Å². The third-order valence-corrected chi connectivity index (χ3v) is 11.2. The summed E-state index contributed by atoms with van der Waals surface area (Å²) >= 11 is 0. The van der Waals surface area contributed by atoms with Crippen LogP contribution in [0.3, 0.4) is 0 Å². The number of methoxy groups -OCH3 is 2. The number of rotatable bonds is 7. The molecule has 2 aliphatic carbocycles. The van der Waals surface area contributed by atoms with Gasteiger partial charge in [-0.2, -0.15) is 0 Å². The highest BCUT2D eigenvalue weighted by atomic mass is 16.5. The van der Waals surface area contributed by atoms with Crippen molar-refractivity contribution in [1.29, 1.82) is 0 Å². The number of allylic oxidation sites excluding steroid dienone is 2. The summed E-state index contributed by atoms with van der Waals surface area (Å²) in [6, 6.07) is 25.8. The Morgan fingerprint density at radius 3 is 1.59 bits per heavy atom. The third kappa shape index (κ3) is 4.35. The third-order valence-electron chi connectivity index (χ3n) is 11.2. The fraction of sp³-hybridized carbons (Fsp3) is 0.300. The van der Waals surface area contributed by atoms with E-state index in [0.29, 0.717) is 37.4 Å². The van der Waals surface area contributed by atoms with Crippen LogP contribution in [0.25, 0.3) is 11.1 Å². The molecule has 49 heavy (non-hydrogen) atoms. The molecule has 0 unspecified atom stereocenters. The summed E-state index contributed by atoms with van der Waals surface area (Å²) in [6.45, 7) is 0.754. The summed E-state index contributed by atoms with van der Waals surface area (Å²) in [6.07, 6.45) is -2.08. The minimum atomic E-state index is -0.966. The summed E-state index contributed by atoms with van der Waals surface area (Å²) in [5, 5.41) is 23.8. The lowest BCUT2D eigenvalue weighted by molar-refractivity contribution is -0.175. The highest BCUT2D eigenvalue weighted by Crippen LogP contribution is 2.56. The van der Waals surface area contributed by atoms with E-state index in [0.717, 1.165) is 55.7 Å². The van der Waals surface area contributed by atoms with Gasteiger partial charge in [0.05, 0.1) is 13.2 Å². The molecule has 3 aromatic rings. The van der Waals surface area contributed by atoms with E-state index in [1.54, 1.807) is 16.9 Å². The summed E-state index contributed by atoms with van der Waals surface area (Å²) in [5.41, 5.74) is 9.92. The van der Waals surface area contributed by atoms with Crippen LogP contribution in [0.15, 0.2) is 118 Å². The quantitative estimate of drug-likeness (QED) is 0.371. The SMILES string of the molecule is COc1ccc(C2=C3CC(C4=C5CN6C(=O)[C@H](OC)[C@@H]6[C@H](O)C(c6ccccc6)=C5C4)=C3CN3C(=O)[C@H](Oc4ccccc4)[C@@H]3[C@@H]2O)cc1. The number of benzene rings is 3. The minimum absolute atomic E-state index is 0.122. The number of aliphatic hydroxyl groups is 2. The first-order valence-corrected chi connectivity index (χ1v) is 16.7. The average molecular weight is 657 g/mol. The van der Waals surface area contributed by atoms with Crippen molar-refractivity contribution in [2.24, 2.45) is 0 Å². The summed E-state index contributed by atoms with van der Waals surface area (Å²) in [7, 11) is 3.14. The molecule has 9 rings (SSSR count). The molecule has 3 aromatic carbocycles. The number of hydrogen-bond donors (Lipinski definition) is 2. The van der Waals surface area contributed by atoms with Crippen LogP contribution in [0.4, 0.5) is 0 Å². The van der Waals surface area contributed by atoms with Crippen molar-refractivity contribution in [3.05, 3.63) is 129 Å². The topological polar surface area (TPSA) is 109 Å². The van der Waals surface area contributed by atoms with Crippen LogP contribution in [0.5, 0.6) is 11.5 Å². The number of para-hydroxylation sites is 1. The maximum atomic E-state index is 13.7. The van der Waals surface area contributed by atoms with Gasteiger partial charge in [0.15, 0.2) is 12.2 Å². The Morgan fingerprint density at radius 1 is 0.571 bits per heavy atom. The van der Waals surface area contributed by atoms with Gasteiger partial charge in [-0.05, 0) is 92.8 Å². The average Bonchev–Trinajstić information content (AvgIpc) is 3.25. The Kier molecular flexibility index (Phi) is 6.95. The molecule has 0 radical (unpaired) electrons. The molecule has 2 amide bonds. The largest absolute Gasteiger partial charge is 0.497 e. The van der Waals surface area contributed by atoms with Crippen molar-refractivity contribution in [3.8, 4) is 11.5 Å². The second-order valence-corrected chi connectivity index (χ2v) is 13.5. The van der Waals surface area contributed by atoms with Crippen molar-refractivity contribution in [1.82, 2.24) is 9.80 Å². The van der Waals surface area contributed by atoms with Crippen LogP contribution in [0, 0.1) is 0 Å². The smallest absolute Gasteiger partial charge is 0.266 e. The first-order valence-electron chi connectivity index (χ1n) is 16.7. The Labute approximate surface area is 284 Å². The van der Waals surface area contributed by atoms with E-state index in [4.69, 9.17) is 14.2 Å². The summed E-state index contributed by atoms with van der Waals surface area (Å²) in [4.78, 5) is 30.3. The lowest BCUT2D eigenvalue weighted by atomic mass is 9.66. The Balaban J connectivity index is 1.16. The molecule has 6 atom stereocenters. The zero-order valence-corrected chi connectivity index (χ0v) is 27.2. The van der Waals surface area contributed by atoms with Crippen LogP contribution in [0.2, 0.25) is 0 Å². The molecule has 9 nitrogen and oxygen atoms in total. The van der Waals surface area contributed by atoms with Gasteiger partial charge in [0.2, 0.25) is 0 Å². The first kappa shape index (κ1) is 30.1.